The number of hydrogen-bond donors (Lipinski definition) is 2. The van der Waals surface area contributed by atoms with E-state index in [0.29, 0.717) is 25.9 Å². The largest absolute Gasteiger partial charge is 0.462 e. The number of nitrogens with zero attached hydrogens (tertiary/aromatic N) is 1. The summed E-state index contributed by atoms with van der Waals surface area (Å²) < 4.78 is 18.3. The van der Waals surface area contributed by atoms with E-state index in [1.54, 1.807) is 0 Å². The molecule has 0 aromatic heterocycles. The minimum Gasteiger partial charge on any atom is -0.462 e. The summed E-state index contributed by atoms with van der Waals surface area (Å²) in [6.07, 6.45) is 1.11. The molecule has 2 N–H and O–H groups in total. The van der Waals surface area contributed by atoms with Gasteiger partial charge in [-0.1, -0.05) is 6.07 Å². The maximum Gasteiger partial charge on any atom is 0.328 e. The average Bonchev–Trinajstić information content (AvgIpc) is 2.76. The number of amides is 2. The van der Waals surface area contributed by atoms with Crippen molar-refractivity contribution in [1.82, 2.24) is 5.32 Å². The van der Waals surface area contributed by atoms with E-state index in [4.69, 9.17) is 4.74 Å². The molecule has 2 aromatic rings. The summed E-state index contributed by atoms with van der Waals surface area (Å²) in [7, 11) is 0. The molecule has 172 valence electrons. The highest BCUT2D eigenvalue weighted by atomic mass is 35.5. The Hall–Kier alpha value is -3.13. The Kier molecular flexibility index (Phi) is 9.02. The van der Waals surface area contributed by atoms with Crippen LogP contribution in [-0.4, -0.2) is 43.5 Å². The van der Waals surface area contributed by atoms with Crippen molar-refractivity contribution in [2.75, 3.05) is 29.9 Å². The number of anilines is 2. The summed E-state index contributed by atoms with van der Waals surface area (Å²) in [5.74, 6) is -1.45. The number of rotatable bonds is 8. The molecule has 1 aliphatic heterocycles. The number of benzene rings is 2. The highest BCUT2D eigenvalue weighted by Gasteiger charge is 2.21. The van der Waals surface area contributed by atoms with E-state index < -0.39 is 23.7 Å². The molecule has 0 spiro atoms. The normalized spacial score (nSPS) is 13.2. The van der Waals surface area contributed by atoms with Gasteiger partial charge in [0.05, 0.1) is 6.54 Å². The van der Waals surface area contributed by atoms with E-state index in [1.165, 1.54) is 31.2 Å². The highest BCUT2D eigenvalue weighted by Crippen LogP contribution is 2.31. The molecule has 1 heterocycles. The summed E-state index contributed by atoms with van der Waals surface area (Å²) in [6, 6.07) is 10.0. The number of carbonyl (C=O) groups is 3. The van der Waals surface area contributed by atoms with Crippen LogP contribution in [0.2, 0.25) is 0 Å². The van der Waals surface area contributed by atoms with Crippen molar-refractivity contribution in [3.05, 3.63) is 59.4 Å². The van der Waals surface area contributed by atoms with Crippen molar-refractivity contribution < 1.29 is 23.5 Å². The molecule has 0 saturated carbocycles. The van der Waals surface area contributed by atoms with E-state index >= 15 is 0 Å². The third-order valence-electron chi connectivity index (χ3n) is 5.16. The predicted molar refractivity (Wildman–Crippen MR) is 123 cm³/mol. The van der Waals surface area contributed by atoms with Crippen LogP contribution in [0.3, 0.4) is 0 Å². The Morgan fingerprint density at radius 2 is 1.91 bits per heavy atom. The molecule has 0 bridgehead atoms. The first kappa shape index (κ1) is 25.1. The monoisotopic (exact) mass is 463 g/mol. The number of hydrogen-bond acceptors (Lipinski definition) is 5. The topological polar surface area (TPSA) is 87.7 Å². The number of halogens is 2. The smallest absolute Gasteiger partial charge is 0.328 e. The number of carbonyl (C=O) groups excluding carboxylic acids is 3. The lowest BCUT2D eigenvalue weighted by Gasteiger charge is -2.29. The molecular weight excluding hydrogens is 437 g/mol. The van der Waals surface area contributed by atoms with Gasteiger partial charge in [-0.25, -0.2) is 9.18 Å². The molecule has 32 heavy (non-hydrogen) atoms. The molecule has 9 heteroatoms. The number of nitrogens with one attached hydrogen (secondary N) is 2. The average molecular weight is 464 g/mol. The second-order valence-corrected chi connectivity index (χ2v) is 7.30. The zero-order chi connectivity index (χ0) is 22.4. The summed E-state index contributed by atoms with van der Waals surface area (Å²) >= 11 is 0. The van der Waals surface area contributed by atoms with Crippen molar-refractivity contribution in [3.63, 3.8) is 0 Å². The van der Waals surface area contributed by atoms with Crippen molar-refractivity contribution in [3.8, 4) is 0 Å². The maximum atomic E-state index is 13.0. The minimum atomic E-state index is -0.840. The number of likely N-dealkylation sites (N-methyl/N-ethyl adjacent to an activating group) is 1. The standard InChI is InChI=1S/C23H26FN3O4.ClH/c1-3-27(20-6-4-5-19-18(20)11-12-21(28)26-19)13-14-31-23(30)15(2)25-22(29)16-7-9-17(24)10-8-16;/h4-10,15H,3,11-14H2,1-2H3,(H,25,29)(H,26,28);1H/t15-;/m0./s1. The molecule has 0 fully saturated rings. The van der Waals surface area contributed by atoms with Gasteiger partial charge >= 0.3 is 5.97 Å². The lowest BCUT2D eigenvalue weighted by Crippen LogP contribution is -2.40. The summed E-state index contributed by atoms with van der Waals surface area (Å²) in [5.41, 5.74) is 3.17. The minimum absolute atomic E-state index is 0. The molecule has 1 aliphatic rings. The first-order valence-electron chi connectivity index (χ1n) is 10.3. The molecule has 0 aliphatic carbocycles. The van der Waals surface area contributed by atoms with Gasteiger partial charge in [-0.05, 0) is 62.2 Å². The third kappa shape index (κ3) is 6.20. The zero-order valence-electron chi connectivity index (χ0n) is 18.0. The van der Waals surface area contributed by atoms with Gasteiger partial charge in [0.1, 0.15) is 18.5 Å². The Balaban J connectivity index is 0.00000363. The SMILES string of the molecule is CCN(CCOC(=O)[C@H](C)NC(=O)c1ccc(F)cc1)c1cccc2c1CCC(=O)N2.Cl. The third-order valence-corrected chi connectivity index (χ3v) is 5.16. The van der Waals surface area contributed by atoms with Crippen LogP contribution in [-0.2, 0) is 20.7 Å². The fraction of sp³-hybridized carbons (Fsp3) is 0.348. The van der Waals surface area contributed by atoms with Gasteiger partial charge in [-0.2, -0.15) is 0 Å². The van der Waals surface area contributed by atoms with Gasteiger partial charge in [-0.15, -0.1) is 12.4 Å². The van der Waals surface area contributed by atoms with Crippen LogP contribution in [0.4, 0.5) is 15.8 Å². The van der Waals surface area contributed by atoms with Gasteiger partial charge in [0.2, 0.25) is 5.91 Å². The zero-order valence-corrected chi connectivity index (χ0v) is 18.8. The molecule has 1 atom stereocenters. The van der Waals surface area contributed by atoms with E-state index in [2.05, 4.69) is 15.5 Å². The summed E-state index contributed by atoms with van der Waals surface area (Å²) in [5, 5.41) is 5.45. The Morgan fingerprint density at radius 1 is 1.19 bits per heavy atom. The van der Waals surface area contributed by atoms with E-state index in [-0.39, 0.29) is 30.5 Å². The quantitative estimate of drug-likeness (QED) is 0.586. The number of esters is 1. The second-order valence-electron chi connectivity index (χ2n) is 7.30. The van der Waals surface area contributed by atoms with Gasteiger partial charge in [-0.3, -0.25) is 9.59 Å². The Morgan fingerprint density at radius 3 is 2.59 bits per heavy atom. The fourth-order valence-electron chi connectivity index (χ4n) is 3.47. The second kappa shape index (κ2) is 11.5. The van der Waals surface area contributed by atoms with Crippen molar-refractivity contribution >= 4 is 41.6 Å². The van der Waals surface area contributed by atoms with Crippen molar-refractivity contribution in [2.45, 2.75) is 32.7 Å². The Bertz CT molecular complexity index is 968. The molecule has 2 aromatic carbocycles. The van der Waals surface area contributed by atoms with E-state index in [1.807, 2.05) is 25.1 Å². The maximum absolute atomic E-state index is 13.0. The molecule has 2 amide bonds. The van der Waals surface area contributed by atoms with Crippen LogP contribution in [0, 0.1) is 5.82 Å². The lowest BCUT2D eigenvalue weighted by atomic mass is 10.00. The van der Waals surface area contributed by atoms with Gasteiger partial charge < -0.3 is 20.3 Å². The van der Waals surface area contributed by atoms with Crippen LogP contribution in [0.25, 0.3) is 0 Å². The van der Waals surface area contributed by atoms with E-state index in [0.717, 1.165) is 16.9 Å². The molecule has 0 radical (unpaired) electrons. The van der Waals surface area contributed by atoms with Gasteiger partial charge in [0, 0.05) is 29.9 Å². The summed E-state index contributed by atoms with van der Waals surface area (Å²) in [4.78, 5) is 38.2. The summed E-state index contributed by atoms with van der Waals surface area (Å²) in [6.45, 7) is 4.88. The van der Waals surface area contributed by atoms with Crippen LogP contribution >= 0.6 is 12.4 Å². The van der Waals surface area contributed by atoms with Gasteiger partial charge in [0.15, 0.2) is 0 Å². The fourth-order valence-corrected chi connectivity index (χ4v) is 3.47. The van der Waals surface area contributed by atoms with Crippen LogP contribution in [0.15, 0.2) is 42.5 Å². The molecule has 0 saturated heterocycles. The lowest BCUT2D eigenvalue weighted by molar-refractivity contribution is -0.145. The van der Waals surface area contributed by atoms with Crippen LogP contribution in [0.5, 0.6) is 0 Å². The highest BCUT2D eigenvalue weighted by molar-refractivity contribution is 5.97. The molecular formula is C23H27ClFN3O4. The van der Waals surface area contributed by atoms with Crippen molar-refractivity contribution in [2.24, 2.45) is 0 Å². The Labute approximate surface area is 192 Å². The predicted octanol–water partition coefficient (Wildman–Crippen LogP) is 3.32. The van der Waals surface area contributed by atoms with Crippen molar-refractivity contribution in [1.29, 1.82) is 0 Å². The van der Waals surface area contributed by atoms with Gasteiger partial charge in [0.25, 0.3) is 5.91 Å². The molecule has 7 nitrogen and oxygen atoms in total. The first-order chi connectivity index (χ1) is 14.9. The first-order valence-corrected chi connectivity index (χ1v) is 10.3. The van der Waals surface area contributed by atoms with E-state index in [9.17, 15) is 18.8 Å². The van der Waals surface area contributed by atoms with Crippen LogP contribution in [0.1, 0.15) is 36.2 Å². The molecule has 3 rings (SSSR count). The number of fused-ring (bicyclic) bond motifs is 1. The number of ether oxygens (including phenoxy) is 1. The van der Waals surface area contributed by atoms with Crippen LogP contribution < -0.4 is 15.5 Å². The molecule has 0 unspecified atom stereocenters.